The lowest BCUT2D eigenvalue weighted by atomic mass is 10.1. The molecule has 0 aliphatic heterocycles. The van der Waals surface area contributed by atoms with Crippen molar-refractivity contribution in [1.82, 2.24) is 0 Å². The molecule has 0 aliphatic rings. The molecule has 0 aromatic heterocycles. The molecule has 0 bridgehead atoms. The fraction of sp³-hybridized carbons (Fsp3) is 0.538. The number of unbranched alkanes of at least 4 members (excludes halogenated alkanes) is 2. The van der Waals surface area contributed by atoms with Gasteiger partial charge in [-0.15, -0.1) is 0 Å². The van der Waals surface area contributed by atoms with E-state index >= 15 is 0 Å². The average molecular weight is 305 g/mol. The standard InChI is InChI=1S/C13H18BrFO2/c1-17-13(16)6-4-2-3-5-10-7-8-11(14)12(15)9-10/h7-9,13,16H,2-6H2,1H3. The first-order valence-corrected chi connectivity index (χ1v) is 6.57. The second-order valence-corrected chi connectivity index (χ2v) is 4.89. The third-order valence-electron chi connectivity index (χ3n) is 2.67. The van der Waals surface area contributed by atoms with Crippen LogP contribution in [0.3, 0.4) is 0 Å². The zero-order valence-electron chi connectivity index (χ0n) is 9.96. The number of hydrogen-bond acceptors (Lipinski definition) is 2. The first kappa shape index (κ1) is 14.6. The molecular formula is C13H18BrFO2. The predicted octanol–water partition coefficient (Wildman–Crippen LogP) is 3.66. The van der Waals surface area contributed by atoms with E-state index in [2.05, 4.69) is 15.9 Å². The third kappa shape index (κ3) is 5.61. The van der Waals surface area contributed by atoms with E-state index in [0.717, 1.165) is 31.2 Å². The van der Waals surface area contributed by atoms with Gasteiger partial charge in [0, 0.05) is 7.11 Å². The van der Waals surface area contributed by atoms with Crippen LogP contribution in [-0.4, -0.2) is 18.5 Å². The summed E-state index contributed by atoms with van der Waals surface area (Å²) in [5, 5.41) is 9.16. The highest BCUT2D eigenvalue weighted by atomic mass is 79.9. The van der Waals surface area contributed by atoms with Crippen molar-refractivity contribution >= 4 is 15.9 Å². The van der Waals surface area contributed by atoms with Gasteiger partial charge in [0.1, 0.15) is 5.82 Å². The van der Waals surface area contributed by atoms with E-state index in [1.165, 1.54) is 7.11 Å². The zero-order valence-corrected chi connectivity index (χ0v) is 11.5. The summed E-state index contributed by atoms with van der Waals surface area (Å²) in [6.07, 6.45) is 3.81. The molecule has 96 valence electrons. The Hall–Kier alpha value is -0.450. The van der Waals surface area contributed by atoms with Gasteiger partial charge in [-0.2, -0.15) is 0 Å². The number of benzene rings is 1. The molecule has 0 spiro atoms. The molecule has 0 saturated carbocycles. The number of ether oxygens (including phenoxy) is 1. The van der Waals surface area contributed by atoms with Crippen molar-refractivity contribution < 1.29 is 14.2 Å². The Bertz CT molecular complexity index is 344. The van der Waals surface area contributed by atoms with E-state index in [0.29, 0.717) is 10.9 Å². The van der Waals surface area contributed by atoms with Crippen molar-refractivity contribution in [2.24, 2.45) is 0 Å². The van der Waals surface area contributed by atoms with E-state index < -0.39 is 6.29 Å². The third-order valence-corrected chi connectivity index (χ3v) is 3.32. The van der Waals surface area contributed by atoms with Crippen LogP contribution in [0.5, 0.6) is 0 Å². The topological polar surface area (TPSA) is 29.5 Å². The van der Waals surface area contributed by atoms with E-state index in [9.17, 15) is 4.39 Å². The molecule has 17 heavy (non-hydrogen) atoms. The van der Waals surface area contributed by atoms with E-state index in [1.807, 2.05) is 6.07 Å². The fourth-order valence-corrected chi connectivity index (χ4v) is 1.88. The minimum atomic E-state index is -0.653. The van der Waals surface area contributed by atoms with Gasteiger partial charge >= 0.3 is 0 Å². The molecule has 1 unspecified atom stereocenters. The first-order valence-electron chi connectivity index (χ1n) is 5.78. The van der Waals surface area contributed by atoms with Crippen LogP contribution in [0.15, 0.2) is 22.7 Å². The summed E-state index contributed by atoms with van der Waals surface area (Å²) < 4.78 is 18.5. The highest BCUT2D eigenvalue weighted by molar-refractivity contribution is 9.10. The molecule has 1 rings (SSSR count). The maximum absolute atomic E-state index is 13.2. The second-order valence-electron chi connectivity index (χ2n) is 4.04. The Morgan fingerprint density at radius 1 is 1.35 bits per heavy atom. The van der Waals surface area contributed by atoms with Crippen LogP contribution in [0.25, 0.3) is 0 Å². The van der Waals surface area contributed by atoms with Crippen LogP contribution in [-0.2, 0) is 11.2 Å². The average Bonchev–Trinajstić information content (AvgIpc) is 2.33. The summed E-state index contributed by atoms with van der Waals surface area (Å²) >= 11 is 3.13. The van der Waals surface area contributed by atoms with Gasteiger partial charge in [-0.3, -0.25) is 0 Å². The van der Waals surface area contributed by atoms with Gasteiger partial charge < -0.3 is 9.84 Å². The minimum Gasteiger partial charge on any atom is -0.368 e. The number of rotatable bonds is 7. The summed E-state index contributed by atoms with van der Waals surface area (Å²) in [6.45, 7) is 0. The summed E-state index contributed by atoms with van der Waals surface area (Å²) in [6, 6.07) is 5.23. The Labute approximate surface area is 110 Å². The quantitative estimate of drug-likeness (QED) is 0.615. The van der Waals surface area contributed by atoms with Crippen molar-refractivity contribution in [3.05, 3.63) is 34.1 Å². The smallest absolute Gasteiger partial charge is 0.154 e. The van der Waals surface area contributed by atoms with Crippen molar-refractivity contribution in [1.29, 1.82) is 0 Å². The van der Waals surface area contributed by atoms with Gasteiger partial charge in [-0.1, -0.05) is 12.5 Å². The fourth-order valence-electron chi connectivity index (χ4n) is 1.64. The molecular weight excluding hydrogens is 287 g/mol. The predicted molar refractivity (Wildman–Crippen MR) is 69.3 cm³/mol. The Morgan fingerprint density at radius 3 is 2.76 bits per heavy atom. The molecule has 2 nitrogen and oxygen atoms in total. The van der Waals surface area contributed by atoms with E-state index in [-0.39, 0.29) is 5.82 Å². The van der Waals surface area contributed by atoms with Crippen LogP contribution >= 0.6 is 15.9 Å². The normalized spacial score (nSPS) is 12.7. The van der Waals surface area contributed by atoms with Crippen molar-refractivity contribution in [2.75, 3.05) is 7.11 Å². The lowest BCUT2D eigenvalue weighted by Gasteiger charge is -2.07. The van der Waals surface area contributed by atoms with Crippen LogP contribution in [0.1, 0.15) is 31.2 Å². The molecule has 4 heteroatoms. The SMILES string of the molecule is COC(O)CCCCCc1ccc(Br)c(F)c1. The first-order chi connectivity index (χ1) is 8.13. The molecule has 0 radical (unpaired) electrons. The summed E-state index contributed by atoms with van der Waals surface area (Å²) in [4.78, 5) is 0. The molecule has 0 amide bonds. The largest absolute Gasteiger partial charge is 0.368 e. The lowest BCUT2D eigenvalue weighted by Crippen LogP contribution is -2.07. The molecule has 1 atom stereocenters. The van der Waals surface area contributed by atoms with Crippen molar-refractivity contribution in [3.63, 3.8) is 0 Å². The van der Waals surface area contributed by atoms with Gasteiger partial charge in [0.25, 0.3) is 0 Å². The number of aliphatic hydroxyl groups is 1. The van der Waals surface area contributed by atoms with Crippen LogP contribution < -0.4 is 0 Å². The van der Waals surface area contributed by atoms with Gasteiger partial charge in [0.15, 0.2) is 6.29 Å². The summed E-state index contributed by atoms with van der Waals surface area (Å²) in [5.74, 6) is -0.211. The van der Waals surface area contributed by atoms with E-state index in [4.69, 9.17) is 9.84 Å². The van der Waals surface area contributed by atoms with Gasteiger partial charge in [0.2, 0.25) is 0 Å². The number of aliphatic hydroxyl groups excluding tert-OH is 1. The van der Waals surface area contributed by atoms with E-state index in [1.54, 1.807) is 12.1 Å². The van der Waals surface area contributed by atoms with Crippen LogP contribution in [0, 0.1) is 5.82 Å². The van der Waals surface area contributed by atoms with Gasteiger partial charge in [0.05, 0.1) is 4.47 Å². The Morgan fingerprint density at radius 2 is 2.12 bits per heavy atom. The maximum Gasteiger partial charge on any atom is 0.154 e. The molecule has 1 N–H and O–H groups in total. The Kier molecular flexibility index (Phi) is 6.70. The number of methoxy groups -OCH3 is 1. The molecule has 0 fully saturated rings. The van der Waals surface area contributed by atoms with Crippen molar-refractivity contribution in [3.8, 4) is 0 Å². The zero-order chi connectivity index (χ0) is 12.7. The molecule has 0 saturated heterocycles. The molecule has 1 aromatic carbocycles. The summed E-state index contributed by atoms with van der Waals surface area (Å²) in [5.41, 5.74) is 1.01. The number of hydrogen-bond donors (Lipinski definition) is 1. The lowest BCUT2D eigenvalue weighted by molar-refractivity contribution is -0.0792. The Balaban J connectivity index is 2.20. The van der Waals surface area contributed by atoms with Crippen LogP contribution in [0.4, 0.5) is 4.39 Å². The van der Waals surface area contributed by atoms with Crippen molar-refractivity contribution in [2.45, 2.75) is 38.4 Å². The van der Waals surface area contributed by atoms with Gasteiger partial charge in [-0.25, -0.2) is 4.39 Å². The molecule has 0 heterocycles. The highest BCUT2D eigenvalue weighted by Crippen LogP contribution is 2.18. The molecule has 1 aromatic rings. The second kappa shape index (κ2) is 7.80. The minimum absolute atomic E-state index is 0.211. The maximum atomic E-state index is 13.2. The van der Waals surface area contributed by atoms with Gasteiger partial charge in [-0.05, 0) is 59.3 Å². The highest BCUT2D eigenvalue weighted by Gasteiger charge is 2.02. The number of halogens is 2. The monoisotopic (exact) mass is 304 g/mol. The van der Waals surface area contributed by atoms with Crippen LogP contribution in [0.2, 0.25) is 0 Å². The number of aryl methyl sites for hydroxylation is 1. The molecule has 0 aliphatic carbocycles. The summed E-state index contributed by atoms with van der Waals surface area (Å²) in [7, 11) is 1.50.